The molecule has 0 aromatic heterocycles. The zero-order valence-corrected chi connectivity index (χ0v) is 14.9. The van der Waals surface area contributed by atoms with Crippen LogP contribution in [-0.2, 0) is 12.8 Å². The molecule has 0 heterocycles. The Bertz CT molecular complexity index is 1010. The van der Waals surface area contributed by atoms with Gasteiger partial charge in [-0.05, 0) is 84.3 Å². The first kappa shape index (κ1) is 17.1. The Morgan fingerprint density at radius 3 is 2.11 bits per heavy atom. The van der Waals surface area contributed by atoms with Crippen LogP contribution >= 0.6 is 0 Å². The molecule has 132 valence electrons. The zero-order chi connectivity index (χ0) is 18.6. The molecule has 0 atom stereocenters. The van der Waals surface area contributed by atoms with Gasteiger partial charge in [0.15, 0.2) is 0 Å². The molecule has 1 aliphatic rings. The Labute approximate surface area is 158 Å². The maximum atomic E-state index is 12.5. The average molecular weight is 353 g/mol. The standard InChI is InChI=1S/C24H19NO2/c25-16-17-5-7-19(8-6-17)20-11-13-23(14-12-20)27-24(26)22-10-9-18-3-1-2-4-21(18)15-22/h5-15H,1-4H2. The molecule has 0 fully saturated rings. The minimum atomic E-state index is -0.325. The molecule has 4 rings (SSSR count). The van der Waals surface area contributed by atoms with Gasteiger partial charge in [-0.15, -0.1) is 0 Å². The van der Waals surface area contributed by atoms with Crippen LogP contribution in [0.25, 0.3) is 11.1 Å². The summed E-state index contributed by atoms with van der Waals surface area (Å²) < 4.78 is 5.54. The maximum Gasteiger partial charge on any atom is 0.343 e. The normalized spacial score (nSPS) is 12.7. The summed E-state index contributed by atoms with van der Waals surface area (Å²) in [6, 6.07) is 22.8. The largest absolute Gasteiger partial charge is 0.423 e. The second kappa shape index (κ2) is 7.47. The minimum Gasteiger partial charge on any atom is -0.423 e. The van der Waals surface area contributed by atoms with Crippen molar-refractivity contribution >= 4 is 5.97 Å². The molecule has 3 aromatic rings. The fourth-order valence-corrected chi connectivity index (χ4v) is 3.48. The van der Waals surface area contributed by atoms with Crippen molar-refractivity contribution in [1.82, 2.24) is 0 Å². The molecule has 0 bridgehead atoms. The summed E-state index contributed by atoms with van der Waals surface area (Å²) in [6.45, 7) is 0. The highest BCUT2D eigenvalue weighted by atomic mass is 16.5. The number of hydrogen-bond acceptors (Lipinski definition) is 3. The highest BCUT2D eigenvalue weighted by Gasteiger charge is 2.14. The molecular weight excluding hydrogens is 334 g/mol. The summed E-state index contributed by atoms with van der Waals surface area (Å²) in [4.78, 5) is 12.5. The summed E-state index contributed by atoms with van der Waals surface area (Å²) in [5, 5.41) is 8.88. The van der Waals surface area contributed by atoms with Crippen LogP contribution in [-0.4, -0.2) is 5.97 Å². The molecular formula is C24H19NO2. The third kappa shape index (κ3) is 3.75. The Morgan fingerprint density at radius 1 is 0.815 bits per heavy atom. The molecule has 0 radical (unpaired) electrons. The lowest BCUT2D eigenvalue weighted by Crippen LogP contribution is -2.11. The van der Waals surface area contributed by atoms with E-state index in [1.165, 1.54) is 24.0 Å². The lowest BCUT2D eigenvalue weighted by Gasteiger charge is -2.16. The number of fused-ring (bicyclic) bond motifs is 1. The Hall–Kier alpha value is -3.38. The molecule has 3 nitrogen and oxygen atoms in total. The maximum absolute atomic E-state index is 12.5. The van der Waals surface area contributed by atoms with E-state index in [4.69, 9.17) is 10.00 Å². The predicted molar refractivity (Wildman–Crippen MR) is 105 cm³/mol. The summed E-state index contributed by atoms with van der Waals surface area (Å²) in [7, 11) is 0. The third-order valence-corrected chi connectivity index (χ3v) is 5.00. The number of carbonyl (C=O) groups is 1. The van der Waals surface area contributed by atoms with E-state index in [1.54, 1.807) is 24.3 Å². The molecule has 0 spiro atoms. The zero-order valence-electron chi connectivity index (χ0n) is 14.9. The fraction of sp³-hybridized carbons (Fsp3) is 0.167. The fourth-order valence-electron chi connectivity index (χ4n) is 3.48. The van der Waals surface area contributed by atoms with Crippen molar-refractivity contribution in [3.63, 3.8) is 0 Å². The molecule has 27 heavy (non-hydrogen) atoms. The van der Waals surface area contributed by atoms with E-state index < -0.39 is 0 Å². The second-order valence-corrected chi connectivity index (χ2v) is 6.79. The van der Waals surface area contributed by atoms with Crippen molar-refractivity contribution in [3.8, 4) is 22.9 Å². The van der Waals surface area contributed by atoms with E-state index >= 15 is 0 Å². The average Bonchev–Trinajstić information content (AvgIpc) is 2.74. The molecule has 0 unspecified atom stereocenters. The van der Waals surface area contributed by atoms with Gasteiger partial charge in [0.1, 0.15) is 5.75 Å². The van der Waals surface area contributed by atoms with E-state index in [0.717, 1.165) is 24.0 Å². The number of ether oxygens (including phenoxy) is 1. The number of esters is 1. The van der Waals surface area contributed by atoms with Crippen molar-refractivity contribution in [3.05, 3.63) is 89.0 Å². The third-order valence-electron chi connectivity index (χ3n) is 5.00. The van der Waals surface area contributed by atoms with Crippen LogP contribution in [0.2, 0.25) is 0 Å². The van der Waals surface area contributed by atoms with E-state index in [9.17, 15) is 4.79 Å². The molecule has 0 saturated carbocycles. The van der Waals surface area contributed by atoms with Gasteiger partial charge in [0.25, 0.3) is 0 Å². The van der Waals surface area contributed by atoms with Crippen molar-refractivity contribution in [2.45, 2.75) is 25.7 Å². The molecule has 0 amide bonds. The first-order chi connectivity index (χ1) is 13.2. The van der Waals surface area contributed by atoms with Crippen LogP contribution in [0.15, 0.2) is 66.7 Å². The molecule has 0 N–H and O–H groups in total. The van der Waals surface area contributed by atoms with Crippen molar-refractivity contribution in [1.29, 1.82) is 5.26 Å². The smallest absolute Gasteiger partial charge is 0.343 e. The van der Waals surface area contributed by atoms with Crippen molar-refractivity contribution in [2.75, 3.05) is 0 Å². The van der Waals surface area contributed by atoms with Crippen LogP contribution in [0.5, 0.6) is 5.75 Å². The van der Waals surface area contributed by atoms with Crippen molar-refractivity contribution in [2.24, 2.45) is 0 Å². The lowest BCUT2D eigenvalue weighted by molar-refractivity contribution is 0.0734. The van der Waals surface area contributed by atoms with Gasteiger partial charge in [0.05, 0.1) is 17.2 Å². The number of aryl methyl sites for hydroxylation is 2. The van der Waals surface area contributed by atoms with Gasteiger partial charge in [0, 0.05) is 0 Å². The number of nitriles is 1. The molecule has 0 saturated heterocycles. The Balaban J connectivity index is 1.48. The summed E-state index contributed by atoms with van der Waals surface area (Å²) in [5.41, 5.74) is 5.88. The Morgan fingerprint density at radius 2 is 1.44 bits per heavy atom. The van der Waals surface area contributed by atoms with Gasteiger partial charge in [-0.25, -0.2) is 4.79 Å². The summed E-state index contributed by atoms with van der Waals surface area (Å²) >= 11 is 0. The number of carbonyl (C=O) groups excluding carboxylic acids is 1. The number of hydrogen-bond donors (Lipinski definition) is 0. The van der Waals surface area contributed by atoms with Gasteiger partial charge in [-0.2, -0.15) is 5.26 Å². The highest BCUT2D eigenvalue weighted by molar-refractivity contribution is 5.91. The first-order valence-electron chi connectivity index (χ1n) is 9.17. The van der Waals surface area contributed by atoms with Gasteiger partial charge in [0.2, 0.25) is 0 Å². The van der Waals surface area contributed by atoms with Crippen molar-refractivity contribution < 1.29 is 9.53 Å². The molecule has 3 aromatic carbocycles. The van der Waals surface area contributed by atoms with E-state index in [2.05, 4.69) is 12.1 Å². The molecule has 1 aliphatic carbocycles. The van der Waals surface area contributed by atoms with Crippen LogP contribution in [0.1, 0.15) is 39.9 Å². The number of nitrogens with zero attached hydrogens (tertiary/aromatic N) is 1. The van der Waals surface area contributed by atoms with Crippen LogP contribution in [0.4, 0.5) is 0 Å². The van der Waals surface area contributed by atoms with E-state index in [0.29, 0.717) is 16.9 Å². The lowest BCUT2D eigenvalue weighted by atomic mass is 9.90. The van der Waals surface area contributed by atoms with E-state index in [1.807, 2.05) is 36.4 Å². The van der Waals surface area contributed by atoms with Gasteiger partial charge in [-0.1, -0.05) is 30.3 Å². The topological polar surface area (TPSA) is 50.1 Å². The van der Waals surface area contributed by atoms with Crippen LogP contribution < -0.4 is 4.74 Å². The number of rotatable bonds is 3. The van der Waals surface area contributed by atoms with Gasteiger partial charge < -0.3 is 4.74 Å². The minimum absolute atomic E-state index is 0.325. The first-order valence-corrected chi connectivity index (χ1v) is 9.17. The summed E-state index contributed by atoms with van der Waals surface area (Å²) in [5.74, 6) is 0.199. The predicted octanol–water partition coefficient (Wildman–Crippen LogP) is 5.32. The highest BCUT2D eigenvalue weighted by Crippen LogP contribution is 2.25. The van der Waals surface area contributed by atoms with Crippen LogP contribution in [0, 0.1) is 11.3 Å². The van der Waals surface area contributed by atoms with Gasteiger partial charge in [-0.3, -0.25) is 0 Å². The van der Waals surface area contributed by atoms with Gasteiger partial charge >= 0.3 is 5.97 Å². The van der Waals surface area contributed by atoms with E-state index in [-0.39, 0.29) is 5.97 Å². The SMILES string of the molecule is N#Cc1ccc(-c2ccc(OC(=O)c3ccc4c(c3)CCCC4)cc2)cc1. The Kier molecular flexibility index (Phi) is 4.72. The molecule has 0 aliphatic heterocycles. The quantitative estimate of drug-likeness (QED) is 0.473. The van der Waals surface area contributed by atoms with Crippen LogP contribution in [0.3, 0.4) is 0 Å². The molecule has 3 heteroatoms. The summed E-state index contributed by atoms with van der Waals surface area (Å²) in [6.07, 6.45) is 4.54. The number of benzene rings is 3. The second-order valence-electron chi connectivity index (χ2n) is 6.79. The monoisotopic (exact) mass is 353 g/mol.